The van der Waals surface area contributed by atoms with Crippen molar-refractivity contribution in [3.63, 3.8) is 0 Å². The van der Waals surface area contributed by atoms with Crippen LogP contribution in [-0.4, -0.2) is 29.6 Å². The molecule has 8 heteroatoms. The van der Waals surface area contributed by atoms with Crippen LogP contribution in [0.25, 0.3) is 0 Å². The third kappa shape index (κ3) is 1.97. The number of esters is 1. The van der Waals surface area contributed by atoms with Gasteiger partial charge in [-0.3, -0.25) is 29.8 Å². The molecule has 0 spiro atoms. The summed E-state index contributed by atoms with van der Waals surface area (Å²) in [5.74, 6) is -6.46. The molecule has 0 aromatic heterocycles. The molecular weight excluding hydrogens is 364 g/mol. The van der Waals surface area contributed by atoms with Gasteiger partial charge in [0.05, 0.1) is 29.2 Å². The molecule has 1 aromatic rings. The molecule has 2 bridgehead atoms. The zero-order valence-electron chi connectivity index (χ0n) is 14.8. The lowest BCUT2D eigenvalue weighted by Crippen LogP contribution is -2.58. The highest BCUT2D eigenvalue weighted by Crippen LogP contribution is 2.63. The molecule has 1 aromatic carbocycles. The highest BCUT2D eigenvalue weighted by Gasteiger charge is 2.72. The molecule has 3 aliphatic carbocycles. The Labute approximate surface area is 159 Å². The van der Waals surface area contributed by atoms with Gasteiger partial charge in [-0.2, -0.15) is 0 Å². The minimum atomic E-state index is -1.11. The number of hydrogen-bond acceptors (Lipinski definition) is 6. The fraction of sp³-hybridized carbons (Fsp3) is 0.350. The molecule has 5 aliphatic rings. The Morgan fingerprint density at radius 3 is 1.93 bits per heavy atom. The molecule has 3 fully saturated rings. The number of carbonyl (C=O) groups is 5. The van der Waals surface area contributed by atoms with Crippen molar-refractivity contribution in [2.75, 3.05) is 0 Å². The van der Waals surface area contributed by atoms with Crippen LogP contribution in [0.4, 0.5) is 0 Å². The van der Waals surface area contributed by atoms with E-state index in [1.165, 1.54) is 0 Å². The quantitative estimate of drug-likeness (QED) is 0.557. The monoisotopic (exact) mass is 380 g/mol. The fourth-order valence-electron chi connectivity index (χ4n) is 5.46. The van der Waals surface area contributed by atoms with Crippen LogP contribution < -0.4 is 10.6 Å². The Hall–Kier alpha value is -3.29. The van der Waals surface area contributed by atoms with Crippen LogP contribution in [0.5, 0.6) is 0 Å². The Morgan fingerprint density at radius 2 is 1.39 bits per heavy atom. The van der Waals surface area contributed by atoms with Crippen LogP contribution in [0, 0.1) is 35.0 Å². The number of imide groups is 2. The molecule has 4 atom stereocenters. The summed E-state index contributed by atoms with van der Waals surface area (Å²) >= 11 is 0. The number of benzene rings is 1. The van der Waals surface area contributed by atoms with Crippen molar-refractivity contribution in [3.05, 3.63) is 47.7 Å². The van der Waals surface area contributed by atoms with Crippen molar-refractivity contribution >= 4 is 29.6 Å². The Balaban J connectivity index is 1.62. The average molecular weight is 380 g/mol. The van der Waals surface area contributed by atoms with Crippen molar-refractivity contribution in [2.45, 2.75) is 6.92 Å². The average Bonchev–Trinajstić information content (AvgIpc) is 3.13. The molecule has 2 heterocycles. The predicted molar refractivity (Wildman–Crippen MR) is 91.8 cm³/mol. The van der Waals surface area contributed by atoms with Crippen LogP contribution in [-0.2, 0) is 23.9 Å². The van der Waals surface area contributed by atoms with Crippen LogP contribution in [0.1, 0.15) is 17.3 Å². The second-order valence-corrected chi connectivity index (χ2v) is 7.91. The molecule has 0 unspecified atom stereocenters. The Kier molecular flexibility index (Phi) is 3.23. The van der Waals surface area contributed by atoms with Crippen molar-refractivity contribution in [3.8, 4) is 0 Å². The minimum absolute atomic E-state index is 0.175. The number of ether oxygens (including phenoxy) is 1. The number of carbonyl (C=O) groups excluding carboxylic acids is 5. The maximum absolute atomic E-state index is 12.6. The summed E-state index contributed by atoms with van der Waals surface area (Å²) < 4.78 is 5.60. The molecule has 0 radical (unpaired) electrons. The molecule has 6 rings (SSSR count). The summed E-state index contributed by atoms with van der Waals surface area (Å²) in [7, 11) is 0. The van der Waals surface area contributed by atoms with Gasteiger partial charge in [-0.15, -0.1) is 0 Å². The van der Waals surface area contributed by atoms with Gasteiger partial charge in [-0.25, -0.2) is 4.79 Å². The summed E-state index contributed by atoms with van der Waals surface area (Å²) in [5.41, 5.74) is -0.787. The van der Waals surface area contributed by atoms with E-state index in [-0.39, 0.29) is 5.76 Å². The van der Waals surface area contributed by atoms with E-state index in [0.717, 1.165) is 0 Å². The van der Waals surface area contributed by atoms with Gasteiger partial charge in [0.15, 0.2) is 0 Å². The van der Waals surface area contributed by atoms with Crippen molar-refractivity contribution < 1.29 is 28.7 Å². The SMILES string of the molecule is CC12C=C(OC(=O)c3ccccc3)C([C@@H]3C(=O)NC(=O)[C@@H]31)[C@@H]1C(=O)NC(=O)[C@@H]12. The van der Waals surface area contributed by atoms with Crippen LogP contribution in [0.15, 0.2) is 42.2 Å². The summed E-state index contributed by atoms with van der Waals surface area (Å²) in [6.45, 7) is 1.67. The largest absolute Gasteiger partial charge is 0.427 e. The molecule has 2 aliphatic heterocycles. The summed E-state index contributed by atoms with van der Waals surface area (Å²) in [5, 5.41) is 4.63. The highest BCUT2D eigenvalue weighted by atomic mass is 16.5. The van der Waals surface area contributed by atoms with E-state index < -0.39 is 64.6 Å². The van der Waals surface area contributed by atoms with Gasteiger partial charge in [0.2, 0.25) is 23.6 Å². The normalized spacial score (nSPS) is 37.8. The Bertz CT molecular complexity index is 955. The second-order valence-electron chi connectivity index (χ2n) is 7.91. The predicted octanol–water partition coefficient (Wildman–Crippen LogP) is 0.155. The van der Waals surface area contributed by atoms with Crippen LogP contribution in [0.2, 0.25) is 0 Å². The van der Waals surface area contributed by atoms with Crippen LogP contribution >= 0.6 is 0 Å². The van der Waals surface area contributed by atoms with Gasteiger partial charge in [0, 0.05) is 11.3 Å². The number of hydrogen-bond donors (Lipinski definition) is 2. The van der Waals surface area contributed by atoms with E-state index in [0.29, 0.717) is 5.56 Å². The van der Waals surface area contributed by atoms with E-state index in [4.69, 9.17) is 4.74 Å². The van der Waals surface area contributed by atoms with E-state index in [2.05, 4.69) is 10.6 Å². The minimum Gasteiger partial charge on any atom is -0.427 e. The van der Waals surface area contributed by atoms with E-state index in [1.807, 2.05) is 0 Å². The molecule has 142 valence electrons. The van der Waals surface area contributed by atoms with E-state index in [1.54, 1.807) is 43.3 Å². The summed E-state index contributed by atoms with van der Waals surface area (Å²) in [6, 6.07) is 8.33. The molecule has 2 N–H and O–H groups in total. The maximum atomic E-state index is 12.6. The lowest BCUT2D eigenvalue weighted by atomic mass is 9.47. The lowest BCUT2D eigenvalue weighted by Gasteiger charge is -2.52. The number of rotatable bonds is 2. The summed E-state index contributed by atoms with van der Waals surface area (Å²) in [4.78, 5) is 62.5. The number of amides is 4. The molecular formula is C20H16N2O6. The summed E-state index contributed by atoms with van der Waals surface area (Å²) in [6.07, 6.45) is 1.59. The zero-order valence-corrected chi connectivity index (χ0v) is 14.8. The van der Waals surface area contributed by atoms with Gasteiger partial charge in [0.25, 0.3) is 0 Å². The van der Waals surface area contributed by atoms with Crippen molar-refractivity contribution in [1.29, 1.82) is 0 Å². The van der Waals surface area contributed by atoms with Gasteiger partial charge in [0.1, 0.15) is 5.76 Å². The van der Waals surface area contributed by atoms with Crippen molar-refractivity contribution in [2.24, 2.45) is 35.0 Å². The standard InChI is InChI=1S/C20H16N2O6/c1-20-7-9(28-19(27)8-5-3-2-4-6-8)10(11-13(20)17(25)21-15(11)23)12-14(20)18(26)22-16(12)24/h2-7,10-14H,1H3,(H,21,23,25)(H,22,24,26)/t10?,11-,12-,13+,14+,20?/m0/s1. The molecule has 2 saturated heterocycles. The molecule has 1 saturated carbocycles. The second kappa shape index (κ2) is 5.37. The first-order valence-electron chi connectivity index (χ1n) is 9.02. The molecule has 8 nitrogen and oxygen atoms in total. The molecule has 4 amide bonds. The number of allylic oxidation sites excluding steroid dienone is 2. The Morgan fingerprint density at radius 1 is 0.857 bits per heavy atom. The van der Waals surface area contributed by atoms with E-state index >= 15 is 0 Å². The van der Waals surface area contributed by atoms with E-state index in [9.17, 15) is 24.0 Å². The molecule has 28 heavy (non-hydrogen) atoms. The van der Waals surface area contributed by atoms with Gasteiger partial charge >= 0.3 is 5.97 Å². The highest BCUT2D eigenvalue weighted by molar-refractivity contribution is 6.11. The first-order valence-corrected chi connectivity index (χ1v) is 9.02. The van der Waals surface area contributed by atoms with Gasteiger partial charge in [-0.05, 0) is 18.2 Å². The third-order valence-corrected chi connectivity index (χ3v) is 6.50. The maximum Gasteiger partial charge on any atom is 0.343 e. The van der Waals surface area contributed by atoms with Gasteiger partial charge < -0.3 is 4.74 Å². The first-order chi connectivity index (χ1) is 13.3. The smallest absolute Gasteiger partial charge is 0.343 e. The fourth-order valence-corrected chi connectivity index (χ4v) is 5.46. The topological polar surface area (TPSA) is 119 Å². The van der Waals surface area contributed by atoms with Crippen molar-refractivity contribution in [1.82, 2.24) is 10.6 Å². The number of nitrogens with one attached hydrogen (secondary N) is 2. The third-order valence-electron chi connectivity index (χ3n) is 6.50. The lowest BCUT2D eigenvalue weighted by molar-refractivity contribution is -0.149. The van der Waals surface area contributed by atoms with Gasteiger partial charge in [-0.1, -0.05) is 25.1 Å². The van der Waals surface area contributed by atoms with Crippen LogP contribution in [0.3, 0.4) is 0 Å². The zero-order chi connectivity index (χ0) is 19.8. The first kappa shape index (κ1) is 16.9.